The molecule has 0 atom stereocenters. The Labute approximate surface area is 144 Å². The van der Waals surface area contributed by atoms with Crippen LogP contribution in [0.5, 0.6) is 0 Å². The van der Waals surface area contributed by atoms with E-state index in [1.807, 2.05) is 65.3 Å². The molecule has 1 aromatic carbocycles. The van der Waals surface area contributed by atoms with Crippen LogP contribution in [0.1, 0.15) is 5.69 Å². The Morgan fingerprint density at radius 1 is 0.958 bits per heavy atom. The summed E-state index contributed by atoms with van der Waals surface area (Å²) in [7, 11) is 0. The summed E-state index contributed by atoms with van der Waals surface area (Å²) in [5, 5.41) is 8.63. The van der Waals surface area contributed by atoms with Crippen LogP contribution in [0, 0.1) is 0 Å². The first-order chi connectivity index (χ1) is 11.8. The molecule has 0 bridgehead atoms. The maximum atomic E-state index is 5.96. The molecule has 4 aromatic rings. The Bertz CT molecular complexity index is 964. The molecule has 0 aliphatic rings. The smallest absolute Gasteiger partial charge is 0.154 e. The van der Waals surface area contributed by atoms with Crippen LogP contribution in [0.3, 0.4) is 0 Å². The van der Waals surface area contributed by atoms with E-state index in [1.54, 1.807) is 6.20 Å². The minimum absolute atomic E-state index is 0.615. The van der Waals surface area contributed by atoms with Gasteiger partial charge in [0.1, 0.15) is 5.82 Å². The fourth-order valence-corrected chi connectivity index (χ4v) is 2.59. The van der Waals surface area contributed by atoms with Crippen molar-refractivity contribution in [2.75, 3.05) is 5.32 Å². The number of fused-ring (bicyclic) bond motifs is 1. The number of aromatic nitrogens is 4. The second kappa shape index (κ2) is 6.29. The predicted octanol–water partition coefficient (Wildman–Crippen LogP) is 4.06. The zero-order chi connectivity index (χ0) is 16.4. The van der Waals surface area contributed by atoms with Gasteiger partial charge in [0, 0.05) is 16.8 Å². The molecule has 0 saturated carbocycles. The lowest BCUT2D eigenvalue weighted by Crippen LogP contribution is -2.05. The molecule has 0 unspecified atom stereocenters. The quantitative estimate of drug-likeness (QED) is 0.611. The number of nitrogens with zero attached hydrogens (tertiary/aromatic N) is 4. The number of pyridine rings is 1. The molecule has 0 fully saturated rings. The van der Waals surface area contributed by atoms with Crippen LogP contribution in [0.25, 0.3) is 16.9 Å². The van der Waals surface area contributed by atoms with Gasteiger partial charge in [0.25, 0.3) is 0 Å². The highest BCUT2D eigenvalue weighted by Gasteiger charge is 2.08. The van der Waals surface area contributed by atoms with E-state index in [9.17, 15) is 0 Å². The largest absolute Gasteiger partial charge is 0.363 e. The summed E-state index contributed by atoms with van der Waals surface area (Å²) in [6, 6.07) is 17.3. The third-order valence-electron chi connectivity index (χ3n) is 3.68. The predicted molar refractivity (Wildman–Crippen MR) is 95.0 cm³/mol. The van der Waals surface area contributed by atoms with Gasteiger partial charge in [-0.1, -0.05) is 29.8 Å². The highest BCUT2D eigenvalue weighted by Crippen LogP contribution is 2.22. The van der Waals surface area contributed by atoms with E-state index in [4.69, 9.17) is 11.6 Å². The number of anilines is 1. The number of hydrogen-bond acceptors (Lipinski definition) is 4. The van der Waals surface area contributed by atoms with Crippen LogP contribution in [0.2, 0.25) is 5.02 Å². The summed E-state index contributed by atoms with van der Waals surface area (Å²) in [4.78, 5) is 8.70. The van der Waals surface area contributed by atoms with Crippen LogP contribution in [0.4, 0.5) is 5.82 Å². The molecule has 4 rings (SSSR count). The van der Waals surface area contributed by atoms with Crippen molar-refractivity contribution in [1.29, 1.82) is 0 Å². The van der Waals surface area contributed by atoms with Gasteiger partial charge in [-0.2, -0.15) is 0 Å². The van der Waals surface area contributed by atoms with Crippen LogP contribution in [-0.2, 0) is 6.54 Å². The molecule has 0 aliphatic carbocycles. The molecular weight excluding hydrogens is 322 g/mol. The molecule has 1 N–H and O–H groups in total. The van der Waals surface area contributed by atoms with Crippen molar-refractivity contribution in [2.45, 2.75) is 6.54 Å². The summed E-state index contributed by atoms with van der Waals surface area (Å²) >= 11 is 5.96. The lowest BCUT2D eigenvalue weighted by atomic mass is 10.2. The van der Waals surface area contributed by atoms with Gasteiger partial charge in [0.15, 0.2) is 5.65 Å². The Balaban J connectivity index is 1.64. The first kappa shape index (κ1) is 14.7. The fourth-order valence-electron chi connectivity index (χ4n) is 2.47. The zero-order valence-corrected chi connectivity index (χ0v) is 13.5. The average molecular weight is 336 g/mol. The third kappa shape index (κ3) is 2.94. The molecule has 0 amide bonds. The number of halogens is 1. The second-order valence-corrected chi connectivity index (χ2v) is 5.75. The van der Waals surface area contributed by atoms with Gasteiger partial charge >= 0.3 is 0 Å². The molecule has 3 heterocycles. The van der Waals surface area contributed by atoms with Gasteiger partial charge in [-0.25, -0.2) is 9.50 Å². The van der Waals surface area contributed by atoms with Crippen molar-refractivity contribution in [3.8, 4) is 11.3 Å². The molecule has 0 radical (unpaired) electrons. The number of nitrogens with one attached hydrogen (secondary N) is 1. The van der Waals surface area contributed by atoms with Gasteiger partial charge in [-0.15, -0.1) is 5.10 Å². The van der Waals surface area contributed by atoms with E-state index in [-0.39, 0.29) is 0 Å². The fraction of sp³-hybridized carbons (Fsp3) is 0.0556. The Hall–Kier alpha value is -2.92. The lowest BCUT2D eigenvalue weighted by molar-refractivity contribution is 0.923. The molecular formula is C18H14ClN5. The topological polar surface area (TPSA) is 55.1 Å². The van der Waals surface area contributed by atoms with E-state index < -0.39 is 0 Å². The standard InChI is InChI=1S/C18H14ClN5/c19-14-6-4-13(5-7-14)16-12-22-18-9-8-17(23-24(16)18)21-11-15-3-1-2-10-20-15/h1-10,12H,11H2,(H,21,23). The van der Waals surface area contributed by atoms with E-state index in [0.29, 0.717) is 11.6 Å². The van der Waals surface area contributed by atoms with E-state index >= 15 is 0 Å². The number of benzene rings is 1. The SMILES string of the molecule is Clc1ccc(-c2cnc3ccc(NCc4ccccn4)nn23)cc1. The summed E-state index contributed by atoms with van der Waals surface area (Å²) < 4.78 is 1.82. The van der Waals surface area contributed by atoms with Gasteiger partial charge in [0.05, 0.1) is 24.1 Å². The Morgan fingerprint density at radius 3 is 2.62 bits per heavy atom. The summed E-state index contributed by atoms with van der Waals surface area (Å²) in [6.45, 7) is 0.615. The van der Waals surface area contributed by atoms with Gasteiger partial charge in [-0.05, 0) is 36.4 Å². The monoisotopic (exact) mass is 335 g/mol. The minimum atomic E-state index is 0.615. The van der Waals surface area contributed by atoms with E-state index in [1.165, 1.54) is 0 Å². The van der Waals surface area contributed by atoms with E-state index in [2.05, 4.69) is 20.4 Å². The molecule has 24 heavy (non-hydrogen) atoms. The van der Waals surface area contributed by atoms with Crippen molar-refractivity contribution in [1.82, 2.24) is 19.6 Å². The molecule has 3 aromatic heterocycles. The summed E-state index contributed by atoms with van der Waals surface area (Å²) in [5.74, 6) is 0.765. The van der Waals surface area contributed by atoms with Crippen molar-refractivity contribution in [3.05, 3.63) is 77.7 Å². The summed E-state index contributed by atoms with van der Waals surface area (Å²) in [6.07, 6.45) is 3.59. The Kier molecular flexibility index (Phi) is 3.84. The number of hydrogen-bond donors (Lipinski definition) is 1. The highest BCUT2D eigenvalue weighted by atomic mass is 35.5. The molecule has 0 aliphatic heterocycles. The minimum Gasteiger partial charge on any atom is -0.363 e. The lowest BCUT2D eigenvalue weighted by Gasteiger charge is -2.07. The number of rotatable bonds is 4. The summed E-state index contributed by atoms with van der Waals surface area (Å²) in [5.41, 5.74) is 3.69. The first-order valence-corrected chi connectivity index (χ1v) is 7.92. The van der Waals surface area contributed by atoms with Crippen molar-refractivity contribution >= 4 is 23.1 Å². The zero-order valence-electron chi connectivity index (χ0n) is 12.7. The van der Waals surface area contributed by atoms with E-state index in [0.717, 1.165) is 28.4 Å². The normalized spacial score (nSPS) is 10.9. The number of imidazole rings is 1. The van der Waals surface area contributed by atoms with Gasteiger partial charge < -0.3 is 5.32 Å². The molecule has 0 spiro atoms. The van der Waals surface area contributed by atoms with Gasteiger partial charge in [-0.3, -0.25) is 4.98 Å². The van der Waals surface area contributed by atoms with Crippen LogP contribution >= 0.6 is 11.6 Å². The van der Waals surface area contributed by atoms with Crippen LogP contribution < -0.4 is 5.32 Å². The molecule has 5 nitrogen and oxygen atoms in total. The molecule has 0 saturated heterocycles. The second-order valence-electron chi connectivity index (χ2n) is 5.31. The van der Waals surface area contributed by atoms with Crippen LogP contribution in [0.15, 0.2) is 67.0 Å². The first-order valence-electron chi connectivity index (χ1n) is 7.54. The highest BCUT2D eigenvalue weighted by molar-refractivity contribution is 6.30. The molecule has 6 heteroatoms. The van der Waals surface area contributed by atoms with Crippen molar-refractivity contribution in [3.63, 3.8) is 0 Å². The average Bonchev–Trinajstić information content (AvgIpc) is 3.05. The maximum absolute atomic E-state index is 5.96. The molecule has 118 valence electrons. The Morgan fingerprint density at radius 2 is 1.83 bits per heavy atom. The van der Waals surface area contributed by atoms with Gasteiger partial charge in [0.2, 0.25) is 0 Å². The maximum Gasteiger partial charge on any atom is 0.154 e. The van der Waals surface area contributed by atoms with Crippen LogP contribution in [-0.4, -0.2) is 19.6 Å². The van der Waals surface area contributed by atoms with Crippen molar-refractivity contribution in [2.24, 2.45) is 0 Å². The third-order valence-corrected chi connectivity index (χ3v) is 3.93. The van der Waals surface area contributed by atoms with Crippen molar-refractivity contribution < 1.29 is 0 Å².